The van der Waals surface area contributed by atoms with Crippen LogP contribution < -0.4 is 0 Å². The van der Waals surface area contributed by atoms with Crippen LogP contribution in [0.1, 0.15) is 43.9 Å². The molecule has 1 aliphatic rings. The van der Waals surface area contributed by atoms with Crippen molar-refractivity contribution in [1.82, 2.24) is 4.98 Å². The molecule has 1 aromatic heterocycles. The smallest absolute Gasteiger partial charge is 0.307 e. The topological polar surface area (TPSA) is 50.2 Å². The number of pyridine rings is 1. The maximum Gasteiger partial charge on any atom is 0.307 e. The Morgan fingerprint density at radius 1 is 1.53 bits per heavy atom. The summed E-state index contributed by atoms with van der Waals surface area (Å²) in [5.74, 6) is -0.782. The van der Waals surface area contributed by atoms with Crippen molar-refractivity contribution >= 4 is 5.97 Å². The van der Waals surface area contributed by atoms with Crippen molar-refractivity contribution in [2.24, 2.45) is 11.8 Å². The van der Waals surface area contributed by atoms with Gasteiger partial charge in [0.2, 0.25) is 0 Å². The van der Waals surface area contributed by atoms with Gasteiger partial charge in [-0.3, -0.25) is 9.78 Å². The van der Waals surface area contributed by atoms with Gasteiger partial charge in [-0.1, -0.05) is 19.9 Å². The average Bonchev–Trinajstić information content (AvgIpc) is 2.28. The summed E-state index contributed by atoms with van der Waals surface area (Å²) < 4.78 is 0. The number of hydrogen-bond donors (Lipinski definition) is 1. The number of carbonyl (C=O) groups is 1. The highest BCUT2D eigenvalue weighted by atomic mass is 16.4. The number of aryl methyl sites for hydroxylation is 1. The molecule has 0 amide bonds. The summed E-state index contributed by atoms with van der Waals surface area (Å²) in [6.45, 7) is 3.96. The Labute approximate surface area is 102 Å². The highest BCUT2D eigenvalue weighted by molar-refractivity contribution is 5.71. The van der Waals surface area contributed by atoms with Gasteiger partial charge < -0.3 is 5.11 Å². The normalized spacial score (nSPS) is 21.0. The zero-order valence-corrected chi connectivity index (χ0v) is 10.4. The number of aromatic nitrogens is 1. The zero-order chi connectivity index (χ0) is 12.4. The fraction of sp³-hybridized carbons (Fsp3) is 0.571. The van der Waals surface area contributed by atoms with E-state index in [0.29, 0.717) is 0 Å². The Morgan fingerprint density at radius 3 is 2.94 bits per heavy atom. The van der Waals surface area contributed by atoms with E-state index in [1.807, 2.05) is 19.9 Å². The van der Waals surface area contributed by atoms with Crippen molar-refractivity contribution < 1.29 is 9.90 Å². The molecule has 3 heteroatoms. The minimum atomic E-state index is -0.691. The predicted octanol–water partition coefficient (Wildman–Crippen LogP) is 2.86. The number of aliphatic carboxylic acids is 1. The largest absolute Gasteiger partial charge is 0.481 e. The van der Waals surface area contributed by atoms with E-state index in [1.165, 1.54) is 5.56 Å². The molecule has 17 heavy (non-hydrogen) atoms. The van der Waals surface area contributed by atoms with E-state index in [1.54, 1.807) is 6.20 Å². The number of nitrogens with zero attached hydrogens (tertiary/aromatic N) is 1. The highest BCUT2D eigenvalue weighted by Gasteiger charge is 2.35. The molecule has 3 nitrogen and oxygen atoms in total. The molecule has 0 aliphatic heterocycles. The molecule has 92 valence electrons. The summed E-state index contributed by atoms with van der Waals surface area (Å²) in [6, 6.07) is 4.01. The van der Waals surface area contributed by atoms with Gasteiger partial charge in [0.15, 0.2) is 0 Å². The molecule has 0 fully saturated rings. The second-order valence-corrected chi connectivity index (χ2v) is 5.15. The van der Waals surface area contributed by atoms with Crippen molar-refractivity contribution in [2.75, 3.05) is 0 Å². The molecule has 1 aliphatic carbocycles. The first kappa shape index (κ1) is 12.1. The Hall–Kier alpha value is -1.38. The summed E-state index contributed by atoms with van der Waals surface area (Å²) in [7, 11) is 0. The van der Waals surface area contributed by atoms with Gasteiger partial charge in [0.05, 0.1) is 5.92 Å². The molecule has 0 saturated heterocycles. The molecule has 1 heterocycles. The summed E-state index contributed by atoms with van der Waals surface area (Å²) in [4.78, 5) is 15.8. The number of fused-ring (bicyclic) bond motifs is 1. The Morgan fingerprint density at radius 2 is 2.29 bits per heavy atom. The van der Waals surface area contributed by atoms with Gasteiger partial charge in [0.25, 0.3) is 0 Å². The van der Waals surface area contributed by atoms with Gasteiger partial charge in [-0.25, -0.2) is 0 Å². The molecule has 2 rings (SSSR count). The molecule has 2 unspecified atom stereocenters. The Bertz CT molecular complexity index is 414. The summed E-state index contributed by atoms with van der Waals surface area (Å²) in [5, 5.41) is 9.39. The molecule has 0 aromatic carbocycles. The van der Waals surface area contributed by atoms with Crippen LogP contribution in [0.3, 0.4) is 0 Å². The van der Waals surface area contributed by atoms with Crippen molar-refractivity contribution in [2.45, 2.75) is 39.0 Å². The number of rotatable bonds is 3. The SMILES string of the molecule is CC(C)C(C(=O)O)C1CCCc2cccnc21. The van der Waals surface area contributed by atoms with Crippen LogP contribution in [0.5, 0.6) is 0 Å². The second kappa shape index (κ2) is 4.86. The standard InChI is InChI=1S/C14H19NO2/c1-9(2)12(14(16)17)11-7-3-5-10-6-4-8-15-13(10)11/h4,6,8-9,11-12H,3,5,7H2,1-2H3,(H,16,17). The predicted molar refractivity (Wildman–Crippen MR) is 65.9 cm³/mol. The van der Waals surface area contributed by atoms with Crippen molar-refractivity contribution in [1.29, 1.82) is 0 Å². The van der Waals surface area contributed by atoms with Crippen molar-refractivity contribution in [3.63, 3.8) is 0 Å². The summed E-state index contributed by atoms with van der Waals surface area (Å²) in [6.07, 6.45) is 4.82. The molecule has 0 saturated carbocycles. The molecular weight excluding hydrogens is 214 g/mol. The van der Waals surface area contributed by atoms with Gasteiger partial charge in [-0.05, 0) is 36.8 Å². The van der Waals surface area contributed by atoms with Gasteiger partial charge in [-0.15, -0.1) is 0 Å². The first-order valence-electron chi connectivity index (χ1n) is 6.28. The molecule has 1 aromatic rings. The van der Waals surface area contributed by atoms with Crippen molar-refractivity contribution in [3.05, 3.63) is 29.6 Å². The fourth-order valence-corrected chi connectivity index (χ4v) is 2.92. The fourth-order valence-electron chi connectivity index (χ4n) is 2.92. The lowest BCUT2D eigenvalue weighted by atomic mass is 9.74. The second-order valence-electron chi connectivity index (χ2n) is 5.15. The average molecular weight is 233 g/mol. The molecule has 0 bridgehead atoms. The van der Waals surface area contributed by atoms with Crippen LogP contribution in [0.2, 0.25) is 0 Å². The monoisotopic (exact) mass is 233 g/mol. The van der Waals surface area contributed by atoms with Crippen LogP contribution in [-0.2, 0) is 11.2 Å². The molecule has 0 radical (unpaired) electrons. The minimum Gasteiger partial charge on any atom is -0.481 e. The van der Waals surface area contributed by atoms with E-state index in [9.17, 15) is 9.90 Å². The lowest BCUT2D eigenvalue weighted by Gasteiger charge is -2.31. The number of hydrogen-bond acceptors (Lipinski definition) is 2. The van der Waals surface area contributed by atoms with E-state index in [2.05, 4.69) is 11.1 Å². The summed E-state index contributed by atoms with van der Waals surface area (Å²) in [5.41, 5.74) is 2.25. The third-order valence-electron chi connectivity index (χ3n) is 3.68. The van der Waals surface area contributed by atoms with Crippen molar-refractivity contribution in [3.8, 4) is 0 Å². The molecule has 2 atom stereocenters. The minimum absolute atomic E-state index is 0.0810. The van der Waals surface area contributed by atoms with E-state index in [4.69, 9.17) is 0 Å². The van der Waals surface area contributed by atoms with E-state index in [-0.39, 0.29) is 17.8 Å². The van der Waals surface area contributed by atoms with Gasteiger partial charge >= 0.3 is 5.97 Å². The van der Waals surface area contributed by atoms with E-state index >= 15 is 0 Å². The quantitative estimate of drug-likeness (QED) is 0.873. The molecular formula is C14H19NO2. The van der Waals surface area contributed by atoms with Gasteiger partial charge in [0, 0.05) is 17.8 Å². The van der Waals surface area contributed by atoms with Crippen LogP contribution in [0, 0.1) is 11.8 Å². The van der Waals surface area contributed by atoms with Gasteiger partial charge in [0.1, 0.15) is 0 Å². The van der Waals surface area contributed by atoms with Crippen LogP contribution in [0.25, 0.3) is 0 Å². The third kappa shape index (κ3) is 2.33. The van der Waals surface area contributed by atoms with Crippen LogP contribution in [0.4, 0.5) is 0 Å². The Balaban J connectivity index is 2.37. The van der Waals surface area contributed by atoms with E-state index < -0.39 is 5.97 Å². The van der Waals surface area contributed by atoms with Crippen LogP contribution in [0.15, 0.2) is 18.3 Å². The third-order valence-corrected chi connectivity index (χ3v) is 3.68. The zero-order valence-electron chi connectivity index (χ0n) is 10.4. The van der Waals surface area contributed by atoms with Crippen LogP contribution in [-0.4, -0.2) is 16.1 Å². The lowest BCUT2D eigenvalue weighted by Crippen LogP contribution is -2.30. The number of carboxylic acids is 1. The summed E-state index contributed by atoms with van der Waals surface area (Å²) >= 11 is 0. The van der Waals surface area contributed by atoms with E-state index in [0.717, 1.165) is 25.0 Å². The maximum atomic E-state index is 11.4. The number of carboxylic acid groups (broad SMARTS) is 1. The van der Waals surface area contributed by atoms with Crippen LogP contribution >= 0.6 is 0 Å². The first-order chi connectivity index (χ1) is 8.11. The Kier molecular flexibility index (Phi) is 3.46. The van der Waals surface area contributed by atoms with Gasteiger partial charge in [-0.2, -0.15) is 0 Å². The molecule has 1 N–H and O–H groups in total. The first-order valence-corrected chi connectivity index (χ1v) is 6.28. The highest BCUT2D eigenvalue weighted by Crippen LogP contribution is 2.38. The maximum absolute atomic E-state index is 11.4. The lowest BCUT2D eigenvalue weighted by molar-refractivity contribution is -0.144. The molecule has 0 spiro atoms.